The molecular formula is C7H12O3. The van der Waals surface area contributed by atoms with Crippen LogP contribution >= 0.6 is 0 Å². The van der Waals surface area contributed by atoms with E-state index >= 15 is 0 Å². The van der Waals surface area contributed by atoms with Crippen LogP contribution in [0.4, 0.5) is 0 Å². The van der Waals surface area contributed by atoms with Crippen molar-refractivity contribution in [2.24, 2.45) is 0 Å². The van der Waals surface area contributed by atoms with Crippen molar-refractivity contribution >= 4 is 5.97 Å². The predicted molar refractivity (Wildman–Crippen MR) is 37.7 cm³/mol. The Hall–Kier alpha value is -0.830. The molecule has 0 heterocycles. The van der Waals surface area contributed by atoms with Gasteiger partial charge in [0.15, 0.2) is 0 Å². The molecule has 0 aliphatic carbocycles. The lowest BCUT2D eigenvalue weighted by Crippen LogP contribution is -1.99. The largest absolute Gasteiger partial charge is 0.478 e. The highest BCUT2D eigenvalue weighted by Gasteiger charge is 2.01. The van der Waals surface area contributed by atoms with Crippen molar-refractivity contribution in [3.8, 4) is 0 Å². The van der Waals surface area contributed by atoms with Gasteiger partial charge in [-0.2, -0.15) is 0 Å². The molecule has 0 aliphatic rings. The third-order valence-electron chi connectivity index (χ3n) is 1.18. The number of hydrogen-bond acceptors (Lipinski definition) is 2. The average Bonchev–Trinajstić information content (AvgIpc) is 1.89. The highest BCUT2D eigenvalue weighted by molar-refractivity contribution is 5.86. The smallest absolute Gasteiger partial charge is 0.331 e. The molecule has 0 atom stereocenters. The molecule has 3 nitrogen and oxygen atoms in total. The Kier molecular flexibility index (Phi) is 4.58. The van der Waals surface area contributed by atoms with Crippen LogP contribution in [0.15, 0.2) is 11.6 Å². The maximum Gasteiger partial charge on any atom is 0.331 e. The first-order chi connectivity index (χ1) is 4.72. The Labute approximate surface area is 60.0 Å². The molecule has 0 saturated carbocycles. The minimum Gasteiger partial charge on any atom is -0.478 e. The van der Waals surface area contributed by atoms with Gasteiger partial charge in [-0.3, -0.25) is 0 Å². The minimum atomic E-state index is -0.893. The van der Waals surface area contributed by atoms with Crippen molar-refractivity contribution in [2.45, 2.75) is 19.8 Å². The van der Waals surface area contributed by atoms with Gasteiger partial charge in [0.2, 0.25) is 0 Å². The summed E-state index contributed by atoms with van der Waals surface area (Å²) < 4.78 is 0. The van der Waals surface area contributed by atoms with Crippen LogP contribution in [0.3, 0.4) is 0 Å². The van der Waals surface area contributed by atoms with Gasteiger partial charge >= 0.3 is 5.97 Å². The minimum absolute atomic E-state index is 0.0107. The molecule has 10 heavy (non-hydrogen) atoms. The van der Waals surface area contributed by atoms with Gasteiger partial charge in [0.25, 0.3) is 0 Å². The lowest BCUT2D eigenvalue weighted by Gasteiger charge is -1.94. The molecule has 0 saturated heterocycles. The van der Waals surface area contributed by atoms with Crippen molar-refractivity contribution in [2.75, 3.05) is 6.61 Å². The number of aliphatic hydroxyl groups excluding tert-OH is 1. The molecule has 0 radical (unpaired) electrons. The van der Waals surface area contributed by atoms with Crippen LogP contribution in [0, 0.1) is 0 Å². The van der Waals surface area contributed by atoms with Gasteiger partial charge in [0.1, 0.15) is 0 Å². The molecular weight excluding hydrogens is 132 g/mol. The van der Waals surface area contributed by atoms with Gasteiger partial charge in [-0.1, -0.05) is 13.0 Å². The maximum absolute atomic E-state index is 10.3. The molecule has 3 heteroatoms. The molecule has 2 N–H and O–H groups in total. The van der Waals surface area contributed by atoms with E-state index < -0.39 is 5.97 Å². The van der Waals surface area contributed by atoms with Gasteiger partial charge in [-0.15, -0.1) is 0 Å². The molecule has 0 aromatic rings. The topological polar surface area (TPSA) is 57.5 Å². The second kappa shape index (κ2) is 4.99. The summed E-state index contributed by atoms with van der Waals surface area (Å²) in [5, 5.41) is 16.8. The zero-order chi connectivity index (χ0) is 7.98. The molecule has 0 amide bonds. The number of hydrogen-bond donors (Lipinski definition) is 2. The fourth-order valence-corrected chi connectivity index (χ4v) is 0.622. The second-order valence-electron chi connectivity index (χ2n) is 1.90. The average molecular weight is 144 g/mol. The van der Waals surface area contributed by atoms with Crippen LogP contribution in [0.5, 0.6) is 0 Å². The quantitative estimate of drug-likeness (QED) is 0.573. The van der Waals surface area contributed by atoms with Crippen molar-refractivity contribution in [3.63, 3.8) is 0 Å². The molecule has 0 spiro atoms. The lowest BCUT2D eigenvalue weighted by atomic mass is 10.2. The van der Waals surface area contributed by atoms with E-state index in [2.05, 4.69) is 0 Å². The highest BCUT2D eigenvalue weighted by Crippen LogP contribution is 2.01. The summed E-state index contributed by atoms with van der Waals surface area (Å²) in [5.41, 5.74) is 0.369. The van der Waals surface area contributed by atoms with Crippen LogP contribution < -0.4 is 0 Å². The predicted octanol–water partition coefficient (Wildman–Crippen LogP) is 0.790. The van der Waals surface area contributed by atoms with E-state index in [0.717, 1.165) is 0 Å². The van der Waals surface area contributed by atoms with E-state index in [0.29, 0.717) is 18.4 Å². The summed E-state index contributed by atoms with van der Waals surface area (Å²) >= 11 is 0. The first kappa shape index (κ1) is 9.17. The zero-order valence-electron chi connectivity index (χ0n) is 6.00. The Morgan fingerprint density at radius 3 is 2.50 bits per heavy atom. The van der Waals surface area contributed by atoms with E-state index in [1.54, 1.807) is 13.0 Å². The summed E-state index contributed by atoms with van der Waals surface area (Å²) in [7, 11) is 0. The Balaban J connectivity index is 3.91. The van der Waals surface area contributed by atoms with Crippen LogP contribution in [-0.2, 0) is 4.79 Å². The fourth-order valence-electron chi connectivity index (χ4n) is 0.622. The number of carboxylic acids is 1. The first-order valence-electron chi connectivity index (χ1n) is 3.25. The first-order valence-corrected chi connectivity index (χ1v) is 3.25. The molecule has 58 valence electrons. The summed E-state index contributed by atoms with van der Waals surface area (Å²) in [5.74, 6) is -0.893. The number of carboxylic acid groups (broad SMARTS) is 1. The van der Waals surface area contributed by atoms with Gasteiger partial charge in [0.05, 0.1) is 0 Å². The van der Waals surface area contributed by atoms with Crippen LogP contribution in [0.1, 0.15) is 19.8 Å². The van der Waals surface area contributed by atoms with E-state index in [1.165, 1.54) is 0 Å². The van der Waals surface area contributed by atoms with Crippen molar-refractivity contribution in [1.82, 2.24) is 0 Å². The number of aliphatic carboxylic acids is 1. The number of carbonyl (C=O) groups is 1. The van der Waals surface area contributed by atoms with E-state index in [4.69, 9.17) is 10.2 Å². The van der Waals surface area contributed by atoms with Crippen LogP contribution in [0.25, 0.3) is 0 Å². The molecule has 0 aromatic carbocycles. The van der Waals surface area contributed by atoms with E-state index in [1.807, 2.05) is 0 Å². The monoisotopic (exact) mass is 144 g/mol. The second-order valence-corrected chi connectivity index (χ2v) is 1.90. The summed E-state index contributed by atoms with van der Waals surface area (Å²) in [6.45, 7) is 1.79. The van der Waals surface area contributed by atoms with Gasteiger partial charge in [0, 0.05) is 12.2 Å². The van der Waals surface area contributed by atoms with Crippen molar-refractivity contribution < 1.29 is 15.0 Å². The molecule has 0 aromatic heterocycles. The SMILES string of the molecule is CC/C(=C\CCO)C(=O)O. The Morgan fingerprint density at radius 1 is 1.60 bits per heavy atom. The number of aliphatic hydroxyl groups is 1. The highest BCUT2D eigenvalue weighted by atomic mass is 16.4. The zero-order valence-corrected chi connectivity index (χ0v) is 6.00. The number of rotatable bonds is 4. The standard InChI is InChI=1S/C7H12O3/c1-2-6(7(9)10)4-3-5-8/h4,8H,2-3,5H2,1H3,(H,9,10)/b6-4+. The normalized spacial score (nSPS) is 11.6. The summed E-state index contributed by atoms with van der Waals surface area (Å²) in [4.78, 5) is 10.3. The molecule has 0 bridgehead atoms. The molecule has 0 rings (SSSR count). The van der Waals surface area contributed by atoms with Crippen molar-refractivity contribution in [3.05, 3.63) is 11.6 Å². The summed E-state index contributed by atoms with van der Waals surface area (Å²) in [6, 6.07) is 0. The molecule has 0 unspecified atom stereocenters. The van der Waals surface area contributed by atoms with E-state index in [9.17, 15) is 4.79 Å². The fraction of sp³-hybridized carbons (Fsp3) is 0.571. The van der Waals surface area contributed by atoms with Crippen molar-refractivity contribution in [1.29, 1.82) is 0 Å². The van der Waals surface area contributed by atoms with Crippen LogP contribution in [0.2, 0.25) is 0 Å². The van der Waals surface area contributed by atoms with Gasteiger partial charge in [-0.05, 0) is 12.8 Å². The third-order valence-corrected chi connectivity index (χ3v) is 1.18. The lowest BCUT2D eigenvalue weighted by molar-refractivity contribution is -0.132. The van der Waals surface area contributed by atoms with E-state index in [-0.39, 0.29) is 6.61 Å². The van der Waals surface area contributed by atoms with Gasteiger partial charge in [-0.25, -0.2) is 4.79 Å². The van der Waals surface area contributed by atoms with Gasteiger partial charge < -0.3 is 10.2 Å². The summed E-state index contributed by atoms with van der Waals surface area (Å²) in [6.07, 6.45) is 2.48. The molecule has 0 aliphatic heterocycles. The molecule has 0 fully saturated rings. The Bertz CT molecular complexity index is 138. The van der Waals surface area contributed by atoms with Crippen LogP contribution in [-0.4, -0.2) is 22.8 Å². The third kappa shape index (κ3) is 3.25. The maximum atomic E-state index is 10.3. The Morgan fingerprint density at radius 2 is 2.20 bits per heavy atom.